The Balaban J connectivity index is 1.58. The number of aryl methyl sites for hydroxylation is 2. The van der Waals surface area contributed by atoms with Crippen LogP contribution in [0.2, 0.25) is 0 Å². The molecular formula is C27H41N3. The predicted octanol–water partition coefficient (Wildman–Crippen LogP) is 7.01. The fourth-order valence-corrected chi connectivity index (χ4v) is 4.71. The quantitative estimate of drug-likeness (QED) is 0.353. The van der Waals surface area contributed by atoms with E-state index in [1.807, 2.05) is 0 Å². The zero-order chi connectivity index (χ0) is 21.3. The summed E-state index contributed by atoms with van der Waals surface area (Å²) in [5.74, 6) is 0.876. The number of allylic oxidation sites excluding steroid dienone is 1. The van der Waals surface area contributed by atoms with Crippen molar-refractivity contribution in [1.82, 2.24) is 14.7 Å². The van der Waals surface area contributed by atoms with Crippen LogP contribution in [0.15, 0.2) is 42.7 Å². The van der Waals surface area contributed by atoms with Crippen molar-refractivity contribution in [3.8, 4) is 11.3 Å². The molecule has 3 nitrogen and oxygen atoms in total. The molecular weight excluding hydrogens is 366 g/mol. The molecule has 0 bridgehead atoms. The van der Waals surface area contributed by atoms with Crippen molar-refractivity contribution in [3.63, 3.8) is 0 Å². The molecule has 2 aromatic rings. The van der Waals surface area contributed by atoms with Crippen molar-refractivity contribution in [2.24, 2.45) is 5.92 Å². The molecule has 164 valence electrons. The first kappa shape index (κ1) is 22.7. The van der Waals surface area contributed by atoms with Gasteiger partial charge in [-0.1, -0.05) is 64.2 Å². The van der Waals surface area contributed by atoms with Gasteiger partial charge >= 0.3 is 0 Å². The number of hydrogen-bond donors (Lipinski definition) is 0. The standard InChI is InChI=1S/C27H41N3/c1-5-7-10-17-29(6-2)23(4)15-18-30-19-16-27(28-30)25-14-13-22(3)26(21-25)20-24-11-8-9-12-24/h13-14,16,19,21,24H,4-12,15,17-18,20H2,1-3H3. The number of unbranched alkanes of at least 4 members (excludes halogenated alkanes) is 2. The van der Waals surface area contributed by atoms with Crippen LogP contribution in [0.25, 0.3) is 11.3 Å². The lowest BCUT2D eigenvalue weighted by Gasteiger charge is -2.25. The summed E-state index contributed by atoms with van der Waals surface area (Å²) in [6.07, 6.45) is 13.7. The highest BCUT2D eigenvalue weighted by Crippen LogP contribution is 2.30. The van der Waals surface area contributed by atoms with Gasteiger partial charge in [0.05, 0.1) is 5.69 Å². The van der Waals surface area contributed by atoms with E-state index in [4.69, 9.17) is 5.10 Å². The summed E-state index contributed by atoms with van der Waals surface area (Å²) in [5, 5.41) is 4.87. The topological polar surface area (TPSA) is 21.1 Å². The summed E-state index contributed by atoms with van der Waals surface area (Å²) in [6, 6.07) is 9.04. The van der Waals surface area contributed by atoms with E-state index in [1.165, 1.54) is 73.8 Å². The molecule has 1 aliphatic carbocycles. The fraction of sp³-hybridized carbons (Fsp3) is 0.593. The maximum absolute atomic E-state index is 4.87. The van der Waals surface area contributed by atoms with Gasteiger partial charge in [-0.2, -0.15) is 5.10 Å². The largest absolute Gasteiger partial charge is 0.376 e. The molecule has 0 radical (unpaired) electrons. The number of rotatable bonds is 12. The molecule has 0 unspecified atom stereocenters. The molecule has 1 aromatic carbocycles. The number of hydrogen-bond acceptors (Lipinski definition) is 2. The van der Waals surface area contributed by atoms with Gasteiger partial charge in [-0.05, 0) is 55.9 Å². The molecule has 0 saturated heterocycles. The second-order valence-corrected chi connectivity index (χ2v) is 9.06. The van der Waals surface area contributed by atoms with E-state index in [0.717, 1.165) is 37.7 Å². The first-order chi connectivity index (χ1) is 14.6. The summed E-state index contributed by atoms with van der Waals surface area (Å²) in [7, 11) is 0. The zero-order valence-electron chi connectivity index (χ0n) is 19.5. The molecule has 30 heavy (non-hydrogen) atoms. The van der Waals surface area contributed by atoms with Crippen molar-refractivity contribution in [3.05, 3.63) is 53.9 Å². The third-order valence-corrected chi connectivity index (χ3v) is 6.76. The lowest BCUT2D eigenvalue weighted by Crippen LogP contribution is -2.24. The number of aromatic nitrogens is 2. The van der Waals surface area contributed by atoms with Crippen molar-refractivity contribution in [2.75, 3.05) is 13.1 Å². The average Bonchev–Trinajstić information content (AvgIpc) is 3.43. The van der Waals surface area contributed by atoms with Crippen molar-refractivity contribution >= 4 is 0 Å². The van der Waals surface area contributed by atoms with E-state index < -0.39 is 0 Å². The maximum atomic E-state index is 4.87. The van der Waals surface area contributed by atoms with Gasteiger partial charge in [0.15, 0.2) is 0 Å². The summed E-state index contributed by atoms with van der Waals surface area (Å²) in [6.45, 7) is 14.1. The number of benzene rings is 1. The third-order valence-electron chi connectivity index (χ3n) is 6.76. The zero-order valence-corrected chi connectivity index (χ0v) is 19.5. The van der Waals surface area contributed by atoms with E-state index in [2.05, 4.69) is 67.4 Å². The summed E-state index contributed by atoms with van der Waals surface area (Å²) in [4.78, 5) is 2.43. The molecule has 0 atom stereocenters. The summed E-state index contributed by atoms with van der Waals surface area (Å²) < 4.78 is 2.08. The van der Waals surface area contributed by atoms with E-state index in [0.29, 0.717) is 0 Å². The molecule has 0 amide bonds. The summed E-state index contributed by atoms with van der Waals surface area (Å²) >= 11 is 0. The van der Waals surface area contributed by atoms with Crippen LogP contribution >= 0.6 is 0 Å². The lowest BCUT2D eigenvalue weighted by molar-refractivity contribution is 0.334. The van der Waals surface area contributed by atoms with E-state index >= 15 is 0 Å². The van der Waals surface area contributed by atoms with Gasteiger partial charge in [-0.15, -0.1) is 0 Å². The lowest BCUT2D eigenvalue weighted by atomic mass is 9.93. The fourth-order valence-electron chi connectivity index (χ4n) is 4.71. The Morgan fingerprint density at radius 1 is 1.17 bits per heavy atom. The molecule has 0 spiro atoms. The van der Waals surface area contributed by atoms with Gasteiger partial charge in [-0.25, -0.2) is 0 Å². The highest BCUT2D eigenvalue weighted by atomic mass is 15.3. The van der Waals surface area contributed by atoms with Crippen LogP contribution < -0.4 is 0 Å². The molecule has 1 aliphatic rings. The van der Waals surface area contributed by atoms with E-state index in [-0.39, 0.29) is 0 Å². The van der Waals surface area contributed by atoms with Gasteiger partial charge in [-0.3, -0.25) is 4.68 Å². The van der Waals surface area contributed by atoms with Gasteiger partial charge in [0, 0.05) is 43.5 Å². The SMILES string of the molecule is C=C(CCn1ccc(-c2ccc(C)c(CC3CCCC3)c2)n1)N(CC)CCCCC. The van der Waals surface area contributed by atoms with Gasteiger partial charge in [0.2, 0.25) is 0 Å². The van der Waals surface area contributed by atoms with E-state index in [9.17, 15) is 0 Å². The maximum Gasteiger partial charge on any atom is 0.0923 e. The van der Waals surface area contributed by atoms with Crippen molar-refractivity contribution in [1.29, 1.82) is 0 Å². The Bertz CT molecular complexity index is 798. The normalized spacial score (nSPS) is 14.4. The average molecular weight is 408 g/mol. The first-order valence-corrected chi connectivity index (χ1v) is 12.2. The minimum absolute atomic E-state index is 0.876. The monoisotopic (exact) mass is 407 g/mol. The van der Waals surface area contributed by atoms with Gasteiger partial charge < -0.3 is 4.90 Å². The van der Waals surface area contributed by atoms with Crippen LogP contribution in [0.1, 0.15) is 76.3 Å². The molecule has 3 heteroatoms. The van der Waals surface area contributed by atoms with Crippen LogP contribution in [-0.4, -0.2) is 27.8 Å². The van der Waals surface area contributed by atoms with Gasteiger partial charge in [0.1, 0.15) is 0 Å². The molecule has 1 aromatic heterocycles. The summed E-state index contributed by atoms with van der Waals surface area (Å²) in [5.41, 5.74) is 6.50. The van der Waals surface area contributed by atoms with E-state index in [1.54, 1.807) is 0 Å². The Hall–Kier alpha value is -2.03. The van der Waals surface area contributed by atoms with Crippen LogP contribution in [0.4, 0.5) is 0 Å². The smallest absolute Gasteiger partial charge is 0.0923 e. The molecule has 0 N–H and O–H groups in total. The molecule has 0 aliphatic heterocycles. The Morgan fingerprint density at radius 2 is 1.97 bits per heavy atom. The minimum atomic E-state index is 0.876. The van der Waals surface area contributed by atoms with Crippen LogP contribution in [0.3, 0.4) is 0 Å². The highest BCUT2D eigenvalue weighted by Gasteiger charge is 2.17. The van der Waals surface area contributed by atoms with Crippen LogP contribution in [-0.2, 0) is 13.0 Å². The predicted molar refractivity (Wildman–Crippen MR) is 129 cm³/mol. The molecule has 1 saturated carbocycles. The molecule has 1 heterocycles. The minimum Gasteiger partial charge on any atom is -0.376 e. The Labute approximate surface area is 184 Å². The second kappa shape index (κ2) is 11.4. The Kier molecular flexibility index (Phi) is 8.60. The third kappa shape index (κ3) is 6.23. The highest BCUT2D eigenvalue weighted by molar-refractivity contribution is 5.60. The van der Waals surface area contributed by atoms with Crippen molar-refractivity contribution < 1.29 is 0 Å². The first-order valence-electron chi connectivity index (χ1n) is 12.2. The van der Waals surface area contributed by atoms with Crippen LogP contribution in [0, 0.1) is 12.8 Å². The van der Waals surface area contributed by atoms with Gasteiger partial charge in [0.25, 0.3) is 0 Å². The second-order valence-electron chi connectivity index (χ2n) is 9.06. The van der Waals surface area contributed by atoms with Crippen LogP contribution in [0.5, 0.6) is 0 Å². The Morgan fingerprint density at radius 3 is 2.70 bits per heavy atom. The molecule has 3 rings (SSSR count). The number of nitrogens with zero attached hydrogens (tertiary/aromatic N) is 3. The van der Waals surface area contributed by atoms with Crippen molar-refractivity contribution in [2.45, 2.75) is 85.1 Å². The molecule has 1 fully saturated rings.